The molecule has 86 valence electrons. The van der Waals surface area contributed by atoms with E-state index in [0.717, 1.165) is 12.1 Å². The number of hydrogen-bond acceptors (Lipinski definition) is 6. The summed E-state index contributed by atoms with van der Waals surface area (Å²) in [5, 5.41) is 21.1. The maximum atomic E-state index is 11.2. The Morgan fingerprint density at radius 3 is 2.56 bits per heavy atom. The van der Waals surface area contributed by atoms with E-state index in [-0.39, 0.29) is 46.0 Å². The molecule has 0 fully saturated rings. The number of hydrogen-bond donors (Lipinski definition) is 0. The quantitative estimate of drug-likeness (QED) is 0.226. The predicted octanol–water partition coefficient (Wildman–Crippen LogP) is -5.50. The zero-order chi connectivity index (χ0) is 12.6. The number of carbonyl (C=O) groups is 2. The Kier molecular flexibility index (Phi) is 4.28. The zero-order valence-corrected chi connectivity index (χ0v) is 11.2. The van der Waals surface area contributed by atoms with Gasteiger partial charge in [-0.25, -0.2) is 4.99 Å². The van der Waals surface area contributed by atoms with Gasteiger partial charge in [0, 0.05) is 12.1 Å². The van der Waals surface area contributed by atoms with Gasteiger partial charge in [0.25, 0.3) is 11.6 Å². The molecule has 0 bridgehead atoms. The molecule has 1 aromatic carbocycles. The molecule has 1 unspecified atom stereocenters. The molecule has 0 saturated heterocycles. The van der Waals surface area contributed by atoms with E-state index in [0.29, 0.717) is 0 Å². The van der Waals surface area contributed by atoms with Crippen LogP contribution in [-0.2, 0) is 9.59 Å². The van der Waals surface area contributed by atoms with Crippen LogP contribution in [0.15, 0.2) is 28.2 Å². The fourth-order valence-corrected chi connectivity index (χ4v) is 1.35. The molecular weight excluding hydrogens is 253 g/mol. The largest absolute Gasteiger partial charge is 1.00 e. The molecule has 0 N–H and O–H groups in total. The van der Waals surface area contributed by atoms with Crippen molar-refractivity contribution in [3.8, 4) is 0 Å². The van der Waals surface area contributed by atoms with Crippen LogP contribution in [0.2, 0.25) is 0 Å². The predicted molar refractivity (Wildman–Crippen MR) is 49.2 cm³/mol. The Balaban J connectivity index is 0.00000162. The monoisotopic (exact) mass is 257 g/mol. The number of nitro benzene ring substituents is 1. The van der Waals surface area contributed by atoms with E-state index in [9.17, 15) is 24.8 Å². The number of nitro groups is 1. The molecule has 8 nitrogen and oxygen atoms in total. The number of nitrogens with zero attached hydrogens (tertiary/aromatic N) is 3. The zero-order valence-electron chi connectivity index (χ0n) is 9.19. The first-order valence-corrected chi connectivity index (χ1v) is 4.45. The first-order chi connectivity index (χ1) is 7.99. The van der Waals surface area contributed by atoms with Crippen LogP contribution in [0.25, 0.3) is 0 Å². The SMILES string of the molecule is O=C([O-])C1N=c2ccc([N+](=O)[O-])cc2=NC1=O.[Na+]. The summed E-state index contributed by atoms with van der Waals surface area (Å²) in [6, 6.07) is 1.77. The van der Waals surface area contributed by atoms with Crippen LogP contribution in [0.1, 0.15) is 0 Å². The molecule has 0 aliphatic carbocycles. The maximum absolute atomic E-state index is 11.2. The Morgan fingerprint density at radius 1 is 1.33 bits per heavy atom. The second kappa shape index (κ2) is 5.34. The third kappa shape index (κ3) is 2.61. The molecule has 18 heavy (non-hydrogen) atoms. The first kappa shape index (κ1) is 14.4. The van der Waals surface area contributed by atoms with E-state index in [1.54, 1.807) is 0 Å². The van der Waals surface area contributed by atoms with Crippen molar-refractivity contribution >= 4 is 17.6 Å². The van der Waals surface area contributed by atoms with E-state index in [2.05, 4.69) is 9.98 Å². The van der Waals surface area contributed by atoms with Crippen LogP contribution in [0.5, 0.6) is 0 Å². The van der Waals surface area contributed by atoms with Crippen molar-refractivity contribution in [1.82, 2.24) is 0 Å². The Hall–Kier alpha value is -1.64. The molecule has 0 saturated carbocycles. The van der Waals surface area contributed by atoms with E-state index in [4.69, 9.17) is 0 Å². The summed E-state index contributed by atoms with van der Waals surface area (Å²) >= 11 is 0. The number of rotatable bonds is 2. The minimum absolute atomic E-state index is 0. The van der Waals surface area contributed by atoms with E-state index in [1.165, 1.54) is 6.07 Å². The number of amides is 1. The molecule has 2 rings (SSSR count). The van der Waals surface area contributed by atoms with Gasteiger partial charge in [-0.2, -0.15) is 0 Å². The van der Waals surface area contributed by atoms with Crippen molar-refractivity contribution in [2.75, 3.05) is 0 Å². The standard InChI is InChI=1S/C9H5N3O5.Na/c13-8-7(9(14)15)10-5-2-1-4(12(16)17)3-6(5)11-8;/h1-3,7H,(H,14,15);/q;+1/p-1. The Bertz CT molecular complexity index is 657. The van der Waals surface area contributed by atoms with Crippen molar-refractivity contribution in [3.63, 3.8) is 0 Å². The summed E-state index contributed by atoms with van der Waals surface area (Å²) in [7, 11) is 0. The molecular formula is C9H4N3NaO5. The van der Waals surface area contributed by atoms with Gasteiger partial charge >= 0.3 is 29.6 Å². The third-order valence-corrected chi connectivity index (χ3v) is 2.13. The van der Waals surface area contributed by atoms with E-state index >= 15 is 0 Å². The van der Waals surface area contributed by atoms with Gasteiger partial charge in [0.05, 0.1) is 21.6 Å². The second-order valence-electron chi connectivity index (χ2n) is 3.23. The van der Waals surface area contributed by atoms with Gasteiger partial charge in [0.15, 0.2) is 6.04 Å². The molecule has 1 aromatic rings. The number of carbonyl (C=O) groups excluding carboxylic acids is 2. The summed E-state index contributed by atoms with van der Waals surface area (Å²) in [5.74, 6) is -2.65. The molecule has 1 amide bonds. The first-order valence-electron chi connectivity index (χ1n) is 4.45. The number of benzene rings is 1. The van der Waals surface area contributed by atoms with Gasteiger partial charge in [-0.15, -0.1) is 0 Å². The van der Waals surface area contributed by atoms with Crippen molar-refractivity contribution < 1.29 is 49.2 Å². The normalized spacial score (nSPS) is 16.7. The summed E-state index contributed by atoms with van der Waals surface area (Å²) in [4.78, 5) is 38.7. The average molecular weight is 257 g/mol. The van der Waals surface area contributed by atoms with Crippen LogP contribution in [-0.4, -0.2) is 22.8 Å². The van der Waals surface area contributed by atoms with Crippen molar-refractivity contribution in [2.24, 2.45) is 9.98 Å². The molecule has 0 aromatic heterocycles. The second-order valence-corrected chi connectivity index (χ2v) is 3.23. The average Bonchev–Trinajstić information content (AvgIpc) is 2.26. The van der Waals surface area contributed by atoms with Crippen molar-refractivity contribution in [2.45, 2.75) is 6.04 Å². The fourth-order valence-electron chi connectivity index (χ4n) is 1.35. The molecule has 1 aliphatic rings. The number of fused-ring (bicyclic) bond motifs is 1. The van der Waals surface area contributed by atoms with Gasteiger partial charge in [-0.3, -0.25) is 19.9 Å². The Morgan fingerprint density at radius 2 is 2.00 bits per heavy atom. The van der Waals surface area contributed by atoms with Gasteiger partial charge in [0.1, 0.15) is 0 Å². The van der Waals surface area contributed by atoms with Gasteiger partial charge in [-0.1, -0.05) is 0 Å². The summed E-state index contributed by atoms with van der Waals surface area (Å²) in [6.45, 7) is 0. The molecule has 1 heterocycles. The topological polar surface area (TPSA) is 125 Å². The maximum Gasteiger partial charge on any atom is 1.00 e. The van der Waals surface area contributed by atoms with Crippen LogP contribution in [0, 0.1) is 10.1 Å². The van der Waals surface area contributed by atoms with E-state index < -0.39 is 22.8 Å². The fraction of sp³-hybridized carbons (Fsp3) is 0.111. The molecule has 9 heteroatoms. The smallest absolute Gasteiger partial charge is 0.547 e. The van der Waals surface area contributed by atoms with Gasteiger partial charge in [-0.05, 0) is 6.07 Å². The van der Waals surface area contributed by atoms with E-state index in [1.807, 2.05) is 0 Å². The number of non-ortho nitro benzene ring substituents is 1. The van der Waals surface area contributed by atoms with Crippen molar-refractivity contribution in [3.05, 3.63) is 39.0 Å². The number of carboxylic acid groups (broad SMARTS) is 1. The number of aliphatic carboxylic acids is 1. The van der Waals surface area contributed by atoms with Gasteiger partial charge < -0.3 is 9.90 Å². The van der Waals surface area contributed by atoms with Crippen LogP contribution in [0.3, 0.4) is 0 Å². The van der Waals surface area contributed by atoms with Crippen LogP contribution in [0.4, 0.5) is 5.69 Å². The molecule has 1 atom stereocenters. The minimum atomic E-state index is -1.68. The summed E-state index contributed by atoms with van der Waals surface area (Å²) in [6.07, 6.45) is 0. The molecule has 0 radical (unpaired) electrons. The van der Waals surface area contributed by atoms with Crippen LogP contribution < -0.4 is 45.4 Å². The third-order valence-electron chi connectivity index (χ3n) is 2.13. The molecule has 1 aliphatic heterocycles. The molecule has 0 spiro atoms. The summed E-state index contributed by atoms with van der Waals surface area (Å²) in [5.41, 5.74) is -0.248. The van der Waals surface area contributed by atoms with Gasteiger partial charge in [0.2, 0.25) is 0 Å². The summed E-state index contributed by atoms with van der Waals surface area (Å²) < 4.78 is 0. The Labute approximate surface area is 121 Å². The minimum Gasteiger partial charge on any atom is -0.547 e. The number of carboxylic acids is 1. The van der Waals surface area contributed by atoms with Crippen LogP contribution >= 0.6 is 0 Å². The van der Waals surface area contributed by atoms with Crippen molar-refractivity contribution in [1.29, 1.82) is 0 Å².